The molecule has 2 heterocycles. The molecule has 0 aromatic heterocycles. The predicted molar refractivity (Wildman–Crippen MR) is 87.9 cm³/mol. The van der Waals surface area contributed by atoms with Crippen molar-refractivity contribution in [3.8, 4) is 0 Å². The van der Waals surface area contributed by atoms with E-state index in [1.165, 1.54) is 6.21 Å². The Morgan fingerprint density at radius 2 is 2.18 bits per heavy atom. The largest absolute Gasteiger partial charge is 0.480 e. The van der Waals surface area contributed by atoms with Gasteiger partial charge in [0, 0.05) is 24.9 Å². The molecule has 1 N–H and O–H groups in total. The van der Waals surface area contributed by atoms with Crippen LogP contribution in [-0.2, 0) is 4.79 Å². The lowest BCUT2D eigenvalue weighted by atomic mass is 9.91. The van der Waals surface area contributed by atoms with Crippen molar-refractivity contribution in [3.05, 3.63) is 42.5 Å². The Balaban J connectivity index is 1.94. The zero-order valence-corrected chi connectivity index (χ0v) is 12.5. The SMILES string of the molecule is CC1(/N=C2\CCCN2c2ccccc2)C=CC=NC1C(=O)O. The quantitative estimate of drug-likeness (QED) is 0.932. The first-order valence-electron chi connectivity index (χ1n) is 7.45. The van der Waals surface area contributed by atoms with E-state index in [9.17, 15) is 9.90 Å². The summed E-state index contributed by atoms with van der Waals surface area (Å²) >= 11 is 0. The fourth-order valence-corrected chi connectivity index (χ4v) is 2.97. The Bertz CT molecular complexity index is 651. The molecule has 5 heteroatoms. The van der Waals surface area contributed by atoms with Gasteiger partial charge in [-0.2, -0.15) is 0 Å². The molecular formula is C17H19N3O2. The van der Waals surface area contributed by atoms with Gasteiger partial charge in [0.2, 0.25) is 0 Å². The number of carboxylic acid groups (broad SMARTS) is 1. The standard InChI is InChI=1S/C17H19N3O2/c1-17(10-6-11-18-15(17)16(21)22)19-14-9-5-12-20(14)13-7-3-2-4-8-13/h2-4,6-8,10-11,15H,5,9,12H2,1H3,(H,21,22)/b19-14+. The van der Waals surface area contributed by atoms with E-state index in [-0.39, 0.29) is 0 Å². The van der Waals surface area contributed by atoms with Crippen LogP contribution in [0.15, 0.2) is 52.5 Å². The summed E-state index contributed by atoms with van der Waals surface area (Å²) in [4.78, 5) is 22.5. The number of aliphatic imine (C=N–C) groups is 2. The smallest absolute Gasteiger partial charge is 0.331 e. The van der Waals surface area contributed by atoms with Gasteiger partial charge >= 0.3 is 5.97 Å². The van der Waals surface area contributed by atoms with E-state index >= 15 is 0 Å². The van der Waals surface area contributed by atoms with Crippen molar-refractivity contribution in [1.82, 2.24) is 0 Å². The molecule has 1 saturated heterocycles. The lowest BCUT2D eigenvalue weighted by molar-refractivity contribution is -0.139. The van der Waals surface area contributed by atoms with E-state index in [2.05, 4.69) is 9.89 Å². The molecule has 1 fully saturated rings. The highest BCUT2D eigenvalue weighted by atomic mass is 16.4. The molecule has 0 bridgehead atoms. The summed E-state index contributed by atoms with van der Waals surface area (Å²) < 4.78 is 0. The summed E-state index contributed by atoms with van der Waals surface area (Å²) in [5, 5.41) is 9.40. The number of nitrogens with zero attached hydrogens (tertiary/aromatic N) is 3. The average molecular weight is 297 g/mol. The molecule has 0 amide bonds. The second kappa shape index (κ2) is 5.75. The van der Waals surface area contributed by atoms with E-state index in [0.29, 0.717) is 0 Å². The van der Waals surface area contributed by atoms with E-state index in [1.54, 1.807) is 6.08 Å². The fraction of sp³-hybridized carbons (Fsp3) is 0.353. The molecule has 0 radical (unpaired) electrons. The molecule has 0 spiro atoms. The fourth-order valence-electron chi connectivity index (χ4n) is 2.97. The Hall–Kier alpha value is -2.43. The van der Waals surface area contributed by atoms with Crippen molar-refractivity contribution >= 4 is 23.7 Å². The highest BCUT2D eigenvalue weighted by Crippen LogP contribution is 2.28. The van der Waals surface area contributed by atoms with Gasteiger partial charge in [0.1, 0.15) is 11.4 Å². The monoisotopic (exact) mass is 297 g/mol. The van der Waals surface area contributed by atoms with E-state index in [1.807, 2.05) is 43.3 Å². The molecule has 2 aliphatic heterocycles. The minimum atomic E-state index is -0.947. The number of anilines is 1. The van der Waals surface area contributed by atoms with Crippen LogP contribution in [0, 0.1) is 0 Å². The molecule has 114 valence electrons. The van der Waals surface area contributed by atoms with Crippen molar-refractivity contribution in [3.63, 3.8) is 0 Å². The maximum atomic E-state index is 11.5. The summed E-state index contributed by atoms with van der Waals surface area (Å²) in [5.41, 5.74) is 0.255. The summed E-state index contributed by atoms with van der Waals surface area (Å²) in [6, 6.07) is 9.20. The summed E-state index contributed by atoms with van der Waals surface area (Å²) in [6.07, 6.45) is 7.01. The minimum Gasteiger partial charge on any atom is -0.480 e. The molecule has 22 heavy (non-hydrogen) atoms. The number of dihydropyridines is 1. The number of aliphatic carboxylic acids is 1. The summed E-state index contributed by atoms with van der Waals surface area (Å²) in [7, 11) is 0. The zero-order valence-electron chi connectivity index (χ0n) is 12.5. The number of rotatable bonds is 3. The molecule has 2 unspecified atom stereocenters. The third kappa shape index (κ3) is 2.66. The van der Waals surface area contributed by atoms with Crippen molar-refractivity contribution in [2.24, 2.45) is 9.98 Å². The number of carbonyl (C=O) groups is 1. The normalized spacial score (nSPS) is 29.2. The number of hydrogen-bond acceptors (Lipinski definition) is 3. The topological polar surface area (TPSA) is 65.3 Å². The predicted octanol–water partition coefficient (Wildman–Crippen LogP) is 2.54. The lowest BCUT2D eigenvalue weighted by Crippen LogP contribution is -2.43. The number of benzene rings is 1. The second-order valence-corrected chi connectivity index (χ2v) is 5.74. The van der Waals surface area contributed by atoms with Gasteiger partial charge < -0.3 is 10.0 Å². The average Bonchev–Trinajstić information content (AvgIpc) is 2.95. The van der Waals surface area contributed by atoms with Gasteiger partial charge in [0.15, 0.2) is 6.04 Å². The van der Waals surface area contributed by atoms with Gasteiger partial charge in [0.05, 0.1) is 0 Å². The Labute approximate surface area is 129 Å². The molecule has 3 rings (SSSR count). The molecule has 2 atom stereocenters. The first-order chi connectivity index (χ1) is 10.6. The third-order valence-electron chi connectivity index (χ3n) is 4.07. The van der Waals surface area contributed by atoms with E-state index in [4.69, 9.17) is 4.99 Å². The van der Waals surface area contributed by atoms with Crippen LogP contribution in [0.5, 0.6) is 0 Å². The van der Waals surface area contributed by atoms with Crippen LogP contribution in [0.1, 0.15) is 19.8 Å². The number of carboxylic acids is 1. The van der Waals surface area contributed by atoms with Gasteiger partial charge in [0.25, 0.3) is 0 Å². The lowest BCUT2D eigenvalue weighted by Gasteiger charge is -2.30. The minimum absolute atomic E-state index is 0.840. The van der Waals surface area contributed by atoms with Crippen LogP contribution in [0.4, 0.5) is 5.69 Å². The van der Waals surface area contributed by atoms with Crippen molar-refractivity contribution < 1.29 is 9.90 Å². The van der Waals surface area contributed by atoms with E-state index < -0.39 is 17.6 Å². The first-order valence-corrected chi connectivity index (χ1v) is 7.45. The van der Waals surface area contributed by atoms with Crippen LogP contribution in [-0.4, -0.2) is 41.3 Å². The van der Waals surface area contributed by atoms with Gasteiger partial charge in [-0.3, -0.25) is 9.98 Å². The van der Waals surface area contributed by atoms with Gasteiger partial charge in [-0.1, -0.05) is 24.3 Å². The highest BCUT2D eigenvalue weighted by Gasteiger charge is 2.39. The van der Waals surface area contributed by atoms with Crippen molar-refractivity contribution in [1.29, 1.82) is 0 Å². The van der Waals surface area contributed by atoms with Crippen molar-refractivity contribution in [2.75, 3.05) is 11.4 Å². The Morgan fingerprint density at radius 1 is 1.41 bits per heavy atom. The maximum absolute atomic E-state index is 11.5. The van der Waals surface area contributed by atoms with Crippen LogP contribution < -0.4 is 4.90 Å². The van der Waals surface area contributed by atoms with Gasteiger partial charge in [-0.25, -0.2) is 4.79 Å². The summed E-state index contributed by atoms with van der Waals surface area (Å²) in [5.74, 6) is -0.0154. The molecule has 1 aromatic rings. The van der Waals surface area contributed by atoms with Gasteiger partial charge in [-0.05, 0) is 31.6 Å². The van der Waals surface area contributed by atoms with Crippen molar-refractivity contribution in [2.45, 2.75) is 31.3 Å². The Kier molecular flexibility index (Phi) is 3.79. The van der Waals surface area contributed by atoms with Crippen LogP contribution >= 0.6 is 0 Å². The van der Waals surface area contributed by atoms with Crippen LogP contribution in [0.2, 0.25) is 0 Å². The van der Waals surface area contributed by atoms with Crippen LogP contribution in [0.25, 0.3) is 0 Å². The number of amidine groups is 1. The number of allylic oxidation sites excluding steroid dienone is 1. The highest BCUT2D eigenvalue weighted by molar-refractivity contribution is 6.00. The molecule has 0 saturated carbocycles. The zero-order chi connectivity index (χ0) is 15.6. The molecule has 0 aliphatic carbocycles. The maximum Gasteiger partial charge on any atom is 0.331 e. The van der Waals surface area contributed by atoms with Crippen LogP contribution in [0.3, 0.4) is 0 Å². The number of para-hydroxylation sites is 1. The van der Waals surface area contributed by atoms with Gasteiger partial charge in [-0.15, -0.1) is 0 Å². The summed E-state index contributed by atoms with van der Waals surface area (Å²) in [6.45, 7) is 2.73. The van der Waals surface area contributed by atoms with E-state index in [0.717, 1.165) is 30.9 Å². The molecular weight excluding hydrogens is 278 g/mol. The molecule has 2 aliphatic rings. The number of hydrogen-bond donors (Lipinski definition) is 1. The first kappa shape index (κ1) is 14.5. The third-order valence-corrected chi connectivity index (χ3v) is 4.07. The Morgan fingerprint density at radius 3 is 2.91 bits per heavy atom. The molecule has 1 aromatic carbocycles. The molecule has 5 nitrogen and oxygen atoms in total. The second-order valence-electron chi connectivity index (χ2n) is 5.74.